The summed E-state index contributed by atoms with van der Waals surface area (Å²) in [5.74, 6) is 1.21. The average Bonchev–Trinajstić information content (AvgIpc) is 2.43. The number of rotatable bonds is 4. The molecule has 2 rings (SSSR count). The first-order valence-corrected chi connectivity index (χ1v) is 6.38. The van der Waals surface area contributed by atoms with Crippen molar-refractivity contribution in [1.82, 2.24) is 0 Å². The predicted octanol–water partition coefficient (Wildman–Crippen LogP) is 3.32. The van der Waals surface area contributed by atoms with Crippen molar-refractivity contribution in [3.63, 3.8) is 0 Å². The van der Waals surface area contributed by atoms with Crippen LogP contribution in [0.1, 0.15) is 19.4 Å². The van der Waals surface area contributed by atoms with Crippen LogP contribution in [0, 0.1) is 0 Å². The van der Waals surface area contributed by atoms with Crippen LogP contribution in [0.4, 0.5) is 0 Å². The van der Waals surface area contributed by atoms with E-state index < -0.39 is 0 Å². The van der Waals surface area contributed by atoms with Gasteiger partial charge in [0.1, 0.15) is 5.58 Å². The molecular weight excluding hydrogens is 256 g/mol. The van der Waals surface area contributed by atoms with E-state index in [-0.39, 0.29) is 5.63 Å². The summed E-state index contributed by atoms with van der Waals surface area (Å²) in [6, 6.07) is 4.94. The van der Waals surface area contributed by atoms with E-state index in [9.17, 15) is 4.79 Å². The molecule has 20 heavy (non-hydrogen) atoms. The quantitative estimate of drug-likeness (QED) is 0.634. The minimum absolute atomic E-state index is 0.372. The van der Waals surface area contributed by atoms with Gasteiger partial charge in [0.2, 0.25) is 0 Å². The second kappa shape index (κ2) is 5.82. The first kappa shape index (κ1) is 14.2. The molecule has 4 nitrogen and oxygen atoms in total. The van der Waals surface area contributed by atoms with E-state index in [0.29, 0.717) is 23.5 Å². The Morgan fingerprint density at radius 3 is 2.60 bits per heavy atom. The summed E-state index contributed by atoms with van der Waals surface area (Å²) in [6.07, 6.45) is 2.75. The molecule has 0 aliphatic carbocycles. The zero-order valence-corrected chi connectivity index (χ0v) is 12.1. The maximum absolute atomic E-state index is 11.5. The Morgan fingerprint density at radius 1 is 1.25 bits per heavy atom. The molecule has 0 aliphatic heterocycles. The minimum atomic E-state index is -0.372. The molecule has 0 aliphatic rings. The van der Waals surface area contributed by atoms with E-state index in [2.05, 4.69) is 6.08 Å². The van der Waals surface area contributed by atoms with Gasteiger partial charge in [-0.05, 0) is 32.4 Å². The lowest BCUT2D eigenvalue weighted by Gasteiger charge is -2.12. The molecule has 0 N–H and O–H groups in total. The van der Waals surface area contributed by atoms with Gasteiger partial charge in [-0.2, -0.15) is 0 Å². The average molecular weight is 274 g/mol. The highest BCUT2D eigenvalue weighted by molar-refractivity contribution is 5.89. The zero-order chi connectivity index (χ0) is 14.7. The van der Waals surface area contributed by atoms with Crippen LogP contribution >= 0.6 is 0 Å². The van der Waals surface area contributed by atoms with Crippen LogP contribution in [0.15, 0.2) is 39.1 Å². The predicted molar refractivity (Wildman–Crippen MR) is 78.7 cm³/mol. The molecule has 0 fully saturated rings. The van der Waals surface area contributed by atoms with Gasteiger partial charge in [-0.25, -0.2) is 4.79 Å². The standard InChI is InChI=1S/C16H18O4/c1-10(2)5-6-11-9-13(18-3)16(19-4)12-7-8-14(17)20-15(11)12/h5,7-9H,6H2,1-4H3. The van der Waals surface area contributed by atoms with Crippen LogP contribution < -0.4 is 15.1 Å². The van der Waals surface area contributed by atoms with Crippen molar-refractivity contribution >= 4 is 11.0 Å². The number of fused-ring (bicyclic) bond motifs is 1. The number of ether oxygens (including phenoxy) is 2. The summed E-state index contributed by atoms with van der Waals surface area (Å²) in [4.78, 5) is 11.5. The maximum Gasteiger partial charge on any atom is 0.336 e. The van der Waals surface area contributed by atoms with Gasteiger partial charge in [-0.3, -0.25) is 0 Å². The first-order valence-electron chi connectivity index (χ1n) is 6.38. The molecule has 1 aromatic carbocycles. The lowest BCUT2D eigenvalue weighted by atomic mass is 10.0. The highest BCUT2D eigenvalue weighted by Crippen LogP contribution is 2.37. The van der Waals surface area contributed by atoms with Crippen molar-refractivity contribution < 1.29 is 13.9 Å². The molecule has 0 bridgehead atoms. The third-order valence-electron chi connectivity index (χ3n) is 3.05. The summed E-state index contributed by atoms with van der Waals surface area (Å²) in [7, 11) is 3.16. The van der Waals surface area contributed by atoms with E-state index in [0.717, 1.165) is 10.9 Å². The van der Waals surface area contributed by atoms with E-state index in [1.165, 1.54) is 11.6 Å². The SMILES string of the molecule is COc1cc(CC=C(C)C)c2oc(=O)ccc2c1OC. The van der Waals surface area contributed by atoms with Crippen LogP contribution in [0.2, 0.25) is 0 Å². The van der Waals surface area contributed by atoms with Crippen molar-refractivity contribution in [1.29, 1.82) is 0 Å². The van der Waals surface area contributed by atoms with Gasteiger partial charge in [0.25, 0.3) is 0 Å². The Balaban J connectivity index is 2.75. The van der Waals surface area contributed by atoms with Crippen molar-refractivity contribution in [2.24, 2.45) is 0 Å². The summed E-state index contributed by atoms with van der Waals surface area (Å²) >= 11 is 0. The Kier molecular flexibility index (Phi) is 4.13. The molecule has 4 heteroatoms. The topological polar surface area (TPSA) is 48.7 Å². The molecule has 0 saturated heterocycles. The van der Waals surface area contributed by atoms with Gasteiger partial charge in [0.15, 0.2) is 11.5 Å². The first-order chi connectivity index (χ1) is 9.56. The van der Waals surface area contributed by atoms with E-state index in [4.69, 9.17) is 13.9 Å². The van der Waals surface area contributed by atoms with Crippen LogP contribution in [-0.4, -0.2) is 14.2 Å². The summed E-state index contributed by atoms with van der Waals surface area (Å²) < 4.78 is 16.1. The fraction of sp³-hybridized carbons (Fsp3) is 0.312. The molecule has 0 radical (unpaired) electrons. The lowest BCUT2D eigenvalue weighted by Crippen LogP contribution is -2.00. The van der Waals surface area contributed by atoms with Crippen molar-refractivity contribution in [2.45, 2.75) is 20.3 Å². The molecule has 2 aromatic rings. The van der Waals surface area contributed by atoms with Crippen LogP contribution in [-0.2, 0) is 6.42 Å². The van der Waals surface area contributed by atoms with Gasteiger partial charge in [-0.15, -0.1) is 0 Å². The largest absolute Gasteiger partial charge is 0.493 e. The Labute approximate surface area is 117 Å². The molecule has 0 atom stereocenters. The van der Waals surface area contributed by atoms with Gasteiger partial charge in [0, 0.05) is 11.6 Å². The molecule has 1 heterocycles. The number of benzene rings is 1. The van der Waals surface area contributed by atoms with E-state index in [1.807, 2.05) is 19.9 Å². The second-order valence-corrected chi connectivity index (χ2v) is 4.75. The molecular formula is C16H18O4. The minimum Gasteiger partial charge on any atom is -0.493 e. The molecule has 0 saturated carbocycles. The third-order valence-corrected chi connectivity index (χ3v) is 3.05. The summed E-state index contributed by atoms with van der Waals surface area (Å²) in [6.45, 7) is 4.05. The van der Waals surface area contributed by atoms with Gasteiger partial charge >= 0.3 is 5.63 Å². The highest BCUT2D eigenvalue weighted by Gasteiger charge is 2.15. The van der Waals surface area contributed by atoms with E-state index in [1.54, 1.807) is 20.3 Å². The smallest absolute Gasteiger partial charge is 0.336 e. The molecule has 0 spiro atoms. The summed E-state index contributed by atoms with van der Waals surface area (Å²) in [5, 5.41) is 0.739. The van der Waals surface area contributed by atoms with Crippen LogP contribution in [0.5, 0.6) is 11.5 Å². The van der Waals surface area contributed by atoms with Crippen molar-refractivity contribution in [2.75, 3.05) is 14.2 Å². The Hall–Kier alpha value is -2.23. The van der Waals surface area contributed by atoms with E-state index >= 15 is 0 Å². The van der Waals surface area contributed by atoms with Gasteiger partial charge in [-0.1, -0.05) is 11.6 Å². The highest BCUT2D eigenvalue weighted by atomic mass is 16.5. The molecule has 0 amide bonds. The van der Waals surface area contributed by atoms with Crippen LogP contribution in [0.3, 0.4) is 0 Å². The van der Waals surface area contributed by atoms with Gasteiger partial charge in [0.05, 0.1) is 19.6 Å². The number of methoxy groups -OCH3 is 2. The summed E-state index contributed by atoms with van der Waals surface area (Å²) in [5.41, 5.74) is 2.28. The normalized spacial score (nSPS) is 10.4. The van der Waals surface area contributed by atoms with Crippen molar-refractivity contribution in [3.8, 4) is 11.5 Å². The number of hydrogen-bond acceptors (Lipinski definition) is 4. The number of hydrogen-bond donors (Lipinski definition) is 0. The Bertz CT molecular complexity index is 706. The van der Waals surface area contributed by atoms with Crippen LogP contribution in [0.25, 0.3) is 11.0 Å². The fourth-order valence-electron chi connectivity index (χ4n) is 2.08. The van der Waals surface area contributed by atoms with Crippen molar-refractivity contribution in [3.05, 3.63) is 45.8 Å². The molecule has 1 aromatic heterocycles. The fourth-order valence-corrected chi connectivity index (χ4v) is 2.08. The lowest BCUT2D eigenvalue weighted by molar-refractivity contribution is 0.357. The molecule has 106 valence electrons. The Morgan fingerprint density at radius 2 is 2.00 bits per heavy atom. The zero-order valence-electron chi connectivity index (χ0n) is 12.1. The maximum atomic E-state index is 11.5. The number of allylic oxidation sites excluding steroid dienone is 2. The molecule has 0 unspecified atom stereocenters. The van der Waals surface area contributed by atoms with Gasteiger partial charge < -0.3 is 13.9 Å². The third kappa shape index (κ3) is 2.69. The second-order valence-electron chi connectivity index (χ2n) is 4.75. The monoisotopic (exact) mass is 274 g/mol.